The van der Waals surface area contributed by atoms with Gasteiger partial charge in [0.05, 0.1) is 11.3 Å². The molecular formula is C13H16N2O. The summed E-state index contributed by atoms with van der Waals surface area (Å²) in [6.07, 6.45) is 0.760. The summed E-state index contributed by atoms with van der Waals surface area (Å²) in [7, 11) is 0. The molecule has 0 fully saturated rings. The van der Waals surface area contributed by atoms with Gasteiger partial charge in [-0.25, -0.2) is 0 Å². The highest BCUT2D eigenvalue weighted by molar-refractivity contribution is 5.78. The van der Waals surface area contributed by atoms with Crippen molar-refractivity contribution in [2.45, 2.75) is 26.8 Å². The highest BCUT2D eigenvalue weighted by Gasteiger charge is 2.12. The van der Waals surface area contributed by atoms with E-state index in [1.165, 1.54) is 0 Å². The maximum Gasteiger partial charge on any atom is 0.150 e. The van der Waals surface area contributed by atoms with Crippen LogP contribution in [0, 0.1) is 11.3 Å². The summed E-state index contributed by atoms with van der Waals surface area (Å²) >= 11 is 0. The summed E-state index contributed by atoms with van der Waals surface area (Å²) in [6.45, 7) is 7.05. The molecule has 0 saturated carbocycles. The standard InChI is InChI=1S/C13H16N2O/c1-4-15(10(2)3)13-6-5-11(9-16)7-12(13)8-14/h5-7,9-10H,4H2,1-3H3. The van der Waals surface area contributed by atoms with Crippen LogP contribution in [0.15, 0.2) is 18.2 Å². The lowest BCUT2D eigenvalue weighted by molar-refractivity contribution is 0.112. The molecule has 0 atom stereocenters. The van der Waals surface area contributed by atoms with Crippen LogP contribution in [0.4, 0.5) is 5.69 Å². The van der Waals surface area contributed by atoms with E-state index in [1.807, 2.05) is 6.07 Å². The molecule has 1 aromatic carbocycles. The smallest absolute Gasteiger partial charge is 0.150 e. The summed E-state index contributed by atoms with van der Waals surface area (Å²) in [5.41, 5.74) is 1.99. The Labute approximate surface area is 96.3 Å². The van der Waals surface area contributed by atoms with Gasteiger partial charge in [0.1, 0.15) is 12.4 Å². The first-order valence-corrected chi connectivity index (χ1v) is 5.40. The van der Waals surface area contributed by atoms with Gasteiger partial charge in [-0.3, -0.25) is 4.79 Å². The number of anilines is 1. The number of rotatable bonds is 4. The molecule has 0 heterocycles. The van der Waals surface area contributed by atoms with E-state index in [1.54, 1.807) is 12.1 Å². The van der Waals surface area contributed by atoms with Crippen molar-refractivity contribution in [3.05, 3.63) is 29.3 Å². The zero-order valence-corrected chi connectivity index (χ0v) is 9.90. The quantitative estimate of drug-likeness (QED) is 0.727. The molecule has 0 N–H and O–H groups in total. The zero-order chi connectivity index (χ0) is 12.1. The van der Waals surface area contributed by atoms with E-state index in [2.05, 4.69) is 31.7 Å². The highest BCUT2D eigenvalue weighted by Crippen LogP contribution is 2.22. The summed E-state index contributed by atoms with van der Waals surface area (Å²) in [5.74, 6) is 0. The fraction of sp³-hybridized carbons (Fsp3) is 0.385. The molecule has 0 amide bonds. The first-order chi connectivity index (χ1) is 7.63. The van der Waals surface area contributed by atoms with Gasteiger partial charge in [0.2, 0.25) is 0 Å². The van der Waals surface area contributed by atoms with Crippen LogP contribution in [0.5, 0.6) is 0 Å². The zero-order valence-electron chi connectivity index (χ0n) is 9.90. The monoisotopic (exact) mass is 216 g/mol. The molecule has 3 heteroatoms. The number of nitriles is 1. The van der Waals surface area contributed by atoms with Gasteiger partial charge >= 0.3 is 0 Å². The van der Waals surface area contributed by atoms with Crippen molar-refractivity contribution in [1.82, 2.24) is 0 Å². The van der Waals surface area contributed by atoms with Gasteiger partial charge in [-0.15, -0.1) is 0 Å². The Kier molecular flexibility index (Phi) is 4.07. The summed E-state index contributed by atoms with van der Waals surface area (Å²) in [4.78, 5) is 12.8. The minimum Gasteiger partial charge on any atom is -0.368 e. The van der Waals surface area contributed by atoms with Crippen molar-refractivity contribution in [3.8, 4) is 6.07 Å². The SMILES string of the molecule is CCN(c1ccc(C=O)cc1C#N)C(C)C. The third-order valence-electron chi connectivity index (χ3n) is 2.55. The molecule has 0 saturated heterocycles. The molecule has 1 rings (SSSR count). The lowest BCUT2D eigenvalue weighted by Crippen LogP contribution is -2.30. The molecule has 0 aliphatic rings. The Bertz CT molecular complexity index is 418. The van der Waals surface area contributed by atoms with Crippen molar-refractivity contribution in [1.29, 1.82) is 5.26 Å². The molecule has 16 heavy (non-hydrogen) atoms. The summed E-state index contributed by atoms with van der Waals surface area (Å²) in [6, 6.07) is 7.69. The number of benzene rings is 1. The van der Waals surface area contributed by atoms with Crippen LogP contribution < -0.4 is 4.90 Å². The second-order valence-electron chi connectivity index (χ2n) is 3.89. The van der Waals surface area contributed by atoms with Gasteiger partial charge < -0.3 is 4.90 Å². The van der Waals surface area contributed by atoms with Crippen molar-refractivity contribution in [2.24, 2.45) is 0 Å². The number of aldehydes is 1. The number of carbonyl (C=O) groups is 1. The van der Waals surface area contributed by atoms with E-state index in [4.69, 9.17) is 5.26 Å². The number of hydrogen-bond acceptors (Lipinski definition) is 3. The van der Waals surface area contributed by atoms with Gasteiger partial charge in [0.15, 0.2) is 0 Å². The number of hydrogen-bond donors (Lipinski definition) is 0. The minimum absolute atomic E-state index is 0.333. The fourth-order valence-electron chi connectivity index (χ4n) is 1.78. The molecule has 3 nitrogen and oxygen atoms in total. The molecule has 0 radical (unpaired) electrons. The maximum atomic E-state index is 10.6. The van der Waals surface area contributed by atoms with Crippen LogP contribution in [0.2, 0.25) is 0 Å². The molecule has 0 aliphatic heterocycles. The van der Waals surface area contributed by atoms with Crippen molar-refractivity contribution >= 4 is 12.0 Å². The average Bonchev–Trinajstić information content (AvgIpc) is 2.29. The second-order valence-corrected chi connectivity index (χ2v) is 3.89. The number of nitrogens with zero attached hydrogens (tertiary/aromatic N) is 2. The van der Waals surface area contributed by atoms with E-state index in [0.717, 1.165) is 18.5 Å². The van der Waals surface area contributed by atoms with Crippen molar-refractivity contribution in [2.75, 3.05) is 11.4 Å². The topological polar surface area (TPSA) is 44.1 Å². The third-order valence-corrected chi connectivity index (χ3v) is 2.55. The van der Waals surface area contributed by atoms with Gasteiger partial charge in [0, 0.05) is 18.2 Å². The van der Waals surface area contributed by atoms with E-state index in [0.29, 0.717) is 17.2 Å². The van der Waals surface area contributed by atoms with Crippen LogP contribution in [-0.2, 0) is 0 Å². The Morgan fingerprint density at radius 1 is 1.50 bits per heavy atom. The lowest BCUT2D eigenvalue weighted by Gasteiger charge is -2.28. The fourth-order valence-corrected chi connectivity index (χ4v) is 1.78. The molecule has 0 spiro atoms. The Balaban J connectivity index is 3.23. The van der Waals surface area contributed by atoms with Crippen LogP contribution in [0.1, 0.15) is 36.7 Å². The summed E-state index contributed by atoms with van der Waals surface area (Å²) in [5, 5.41) is 9.07. The molecule has 84 valence electrons. The first kappa shape index (κ1) is 12.3. The van der Waals surface area contributed by atoms with Crippen LogP contribution in [0.3, 0.4) is 0 Å². The van der Waals surface area contributed by atoms with Gasteiger partial charge in [0.25, 0.3) is 0 Å². The van der Waals surface area contributed by atoms with E-state index >= 15 is 0 Å². The Morgan fingerprint density at radius 2 is 2.19 bits per heavy atom. The molecule has 0 aliphatic carbocycles. The van der Waals surface area contributed by atoms with Crippen molar-refractivity contribution in [3.63, 3.8) is 0 Å². The van der Waals surface area contributed by atoms with Crippen molar-refractivity contribution < 1.29 is 4.79 Å². The predicted octanol–water partition coefficient (Wildman–Crippen LogP) is 2.61. The van der Waals surface area contributed by atoms with E-state index < -0.39 is 0 Å². The first-order valence-electron chi connectivity index (χ1n) is 5.40. The Hall–Kier alpha value is -1.82. The molecule has 1 aromatic rings. The van der Waals surface area contributed by atoms with Gasteiger partial charge in [-0.05, 0) is 39.0 Å². The molecule has 0 bridgehead atoms. The molecule has 0 aromatic heterocycles. The Morgan fingerprint density at radius 3 is 2.62 bits per heavy atom. The van der Waals surface area contributed by atoms with Crippen LogP contribution in [-0.4, -0.2) is 18.9 Å². The highest BCUT2D eigenvalue weighted by atomic mass is 16.1. The summed E-state index contributed by atoms with van der Waals surface area (Å²) < 4.78 is 0. The maximum absolute atomic E-state index is 10.6. The largest absolute Gasteiger partial charge is 0.368 e. The van der Waals surface area contributed by atoms with Crippen LogP contribution in [0.25, 0.3) is 0 Å². The lowest BCUT2D eigenvalue weighted by atomic mass is 10.1. The third kappa shape index (κ3) is 2.40. The number of carbonyl (C=O) groups excluding carboxylic acids is 1. The van der Waals surface area contributed by atoms with E-state index in [-0.39, 0.29) is 0 Å². The van der Waals surface area contributed by atoms with Gasteiger partial charge in [-0.2, -0.15) is 5.26 Å². The van der Waals surface area contributed by atoms with Gasteiger partial charge in [-0.1, -0.05) is 0 Å². The minimum atomic E-state index is 0.333. The molecule has 0 unspecified atom stereocenters. The van der Waals surface area contributed by atoms with E-state index in [9.17, 15) is 4.79 Å². The average molecular weight is 216 g/mol. The molecular weight excluding hydrogens is 200 g/mol. The van der Waals surface area contributed by atoms with Crippen LogP contribution >= 0.6 is 0 Å². The second kappa shape index (κ2) is 5.32. The normalized spacial score (nSPS) is 9.94. The predicted molar refractivity (Wildman–Crippen MR) is 64.7 cm³/mol.